The van der Waals surface area contributed by atoms with Crippen LogP contribution in [0.2, 0.25) is 0 Å². The first-order valence-electron chi connectivity index (χ1n) is 7.65. The van der Waals surface area contributed by atoms with Gasteiger partial charge in [0.05, 0.1) is 24.9 Å². The molecule has 2 atom stereocenters. The van der Waals surface area contributed by atoms with Crippen molar-refractivity contribution in [2.45, 2.75) is 58.8 Å². The lowest BCUT2D eigenvalue weighted by atomic mass is 10.00. The Morgan fingerprint density at radius 3 is 2.43 bits per heavy atom. The summed E-state index contributed by atoms with van der Waals surface area (Å²) < 4.78 is 11.9. The van der Waals surface area contributed by atoms with Gasteiger partial charge in [0.1, 0.15) is 6.29 Å². The summed E-state index contributed by atoms with van der Waals surface area (Å²) in [5.41, 5.74) is 0.965. The van der Waals surface area contributed by atoms with E-state index in [0.29, 0.717) is 19.6 Å². The second-order valence-corrected chi connectivity index (χ2v) is 6.49. The molecule has 1 aromatic carbocycles. The van der Waals surface area contributed by atoms with Crippen molar-refractivity contribution in [2.75, 3.05) is 6.61 Å². The Morgan fingerprint density at radius 2 is 1.86 bits per heavy atom. The molecular formula is C18H28O3. The summed E-state index contributed by atoms with van der Waals surface area (Å²) in [5.74, 6) is 0.257. The van der Waals surface area contributed by atoms with Crippen LogP contribution >= 0.6 is 0 Å². The SMILES string of the molecule is C[C@H](COCc1ccccc1)[C@H](CCC=O)OC(C)(C)C. The van der Waals surface area contributed by atoms with E-state index in [2.05, 4.69) is 19.1 Å². The van der Waals surface area contributed by atoms with Gasteiger partial charge in [-0.1, -0.05) is 37.3 Å². The molecule has 21 heavy (non-hydrogen) atoms. The monoisotopic (exact) mass is 292 g/mol. The van der Waals surface area contributed by atoms with Gasteiger partial charge in [0, 0.05) is 12.3 Å². The molecule has 3 nitrogen and oxygen atoms in total. The van der Waals surface area contributed by atoms with Crippen LogP contribution < -0.4 is 0 Å². The Morgan fingerprint density at radius 1 is 1.19 bits per heavy atom. The molecule has 0 aliphatic rings. The Bertz CT molecular complexity index is 395. The lowest BCUT2D eigenvalue weighted by Gasteiger charge is -2.31. The van der Waals surface area contributed by atoms with Gasteiger partial charge in [-0.25, -0.2) is 0 Å². The number of carbonyl (C=O) groups is 1. The van der Waals surface area contributed by atoms with Gasteiger partial charge in [0.2, 0.25) is 0 Å². The van der Waals surface area contributed by atoms with Crippen molar-refractivity contribution in [3.05, 3.63) is 35.9 Å². The molecule has 1 rings (SSSR count). The third kappa shape index (κ3) is 7.98. The molecular weight excluding hydrogens is 264 g/mol. The highest BCUT2D eigenvalue weighted by Crippen LogP contribution is 2.21. The van der Waals surface area contributed by atoms with Crippen molar-refractivity contribution in [2.24, 2.45) is 5.92 Å². The molecule has 0 fully saturated rings. The van der Waals surface area contributed by atoms with Crippen LogP contribution in [0, 0.1) is 5.92 Å². The third-order valence-electron chi connectivity index (χ3n) is 3.20. The summed E-state index contributed by atoms with van der Waals surface area (Å²) in [7, 11) is 0. The molecule has 0 bridgehead atoms. The molecule has 0 saturated carbocycles. The minimum atomic E-state index is -0.207. The fourth-order valence-corrected chi connectivity index (χ4v) is 2.19. The van der Waals surface area contributed by atoms with Crippen molar-refractivity contribution in [1.29, 1.82) is 0 Å². The molecule has 0 spiro atoms. The zero-order valence-corrected chi connectivity index (χ0v) is 13.7. The fraction of sp³-hybridized carbons (Fsp3) is 0.611. The van der Waals surface area contributed by atoms with E-state index in [4.69, 9.17) is 9.47 Å². The number of aldehydes is 1. The van der Waals surface area contributed by atoms with Gasteiger partial charge in [-0.15, -0.1) is 0 Å². The first-order valence-corrected chi connectivity index (χ1v) is 7.65. The van der Waals surface area contributed by atoms with Gasteiger partial charge in [-0.3, -0.25) is 0 Å². The van der Waals surface area contributed by atoms with Crippen molar-refractivity contribution >= 4 is 6.29 Å². The predicted octanol–water partition coefficient (Wildman–Crippen LogP) is 4.00. The normalized spacial score (nSPS) is 14.7. The third-order valence-corrected chi connectivity index (χ3v) is 3.20. The average Bonchev–Trinajstić information content (AvgIpc) is 2.43. The van der Waals surface area contributed by atoms with Crippen LogP contribution in [0.1, 0.15) is 46.1 Å². The first-order chi connectivity index (χ1) is 9.92. The topological polar surface area (TPSA) is 35.5 Å². The zero-order chi connectivity index (χ0) is 15.7. The van der Waals surface area contributed by atoms with Gasteiger partial charge in [0.15, 0.2) is 0 Å². The van der Waals surface area contributed by atoms with Gasteiger partial charge in [-0.05, 0) is 32.8 Å². The smallest absolute Gasteiger partial charge is 0.120 e. The average molecular weight is 292 g/mol. The standard InChI is InChI=1S/C18H28O3/c1-15(13-20-14-16-9-6-5-7-10-16)17(11-8-12-19)21-18(2,3)4/h5-7,9-10,12,15,17H,8,11,13-14H2,1-4H3/t15-,17+/m1/s1. The van der Waals surface area contributed by atoms with Gasteiger partial charge in [0.25, 0.3) is 0 Å². The maximum atomic E-state index is 10.6. The summed E-state index contributed by atoms with van der Waals surface area (Å²) in [5, 5.41) is 0. The molecule has 0 heterocycles. The largest absolute Gasteiger partial charge is 0.376 e. The maximum absolute atomic E-state index is 10.6. The molecule has 0 amide bonds. The van der Waals surface area contributed by atoms with Crippen LogP contribution in [0.4, 0.5) is 0 Å². The number of ether oxygens (including phenoxy) is 2. The number of hydrogen-bond donors (Lipinski definition) is 0. The molecule has 0 aliphatic carbocycles. The van der Waals surface area contributed by atoms with Crippen LogP contribution in [0.5, 0.6) is 0 Å². The number of hydrogen-bond acceptors (Lipinski definition) is 3. The molecule has 0 N–H and O–H groups in total. The van der Waals surface area contributed by atoms with Crippen LogP contribution in [0.25, 0.3) is 0 Å². The quantitative estimate of drug-likeness (QED) is 0.645. The fourth-order valence-electron chi connectivity index (χ4n) is 2.19. The minimum absolute atomic E-state index is 0.0472. The van der Waals surface area contributed by atoms with Gasteiger partial charge >= 0.3 is 0 Å². The predicted molar refractivity (Wildman–Crippen MR) is 85.2 cm³/mol. The van der Waals surface area contributed by atoms with Crippen LogP contribution in [-0.2, 0) is 20.9 Å². The highest BCUT2D eigenvalue weighted by atomic mass is 16.5. The van der Waals surface area contributed by atoms with Crippen molar-refractivity contribution in [3.63, 3.8) is 0 Å². The molecule has 1 aromatic rings. The lowest BCUT2D eigenvalue weighted by Crippen LogP contribution is -2.34. The van der Waals surface area contributed by atoms with Crippen molar-refractivity contribution in [3.8, 4) is 0 Å². The Kier molecular flexibility index (Phi) is 7.62. The lowest BCUT2D eigenvalue weighted by molar-refractivity contribution is -0.114. The number of carbonyl (C=O) groups excluding carboxylic acids is 1. The summed E-state index contributed by atoms with van der Waals surface area (Å²) >= 11 is 0. The van der Waals surface area contributed by atoms with Crippen molar-refractivity contribution < 1.29 is 14.3 Å². The van der Waals surface area contributed by atoms with E-state index in [1.54, 1.807) is 0 Å². The van der Waals surface area contributed by atoms with Crippen LogP contribution in [-0.4, -0.2) is 24.6 Å². The Hall–Kier alpha value is -1.19. The van der Waals surface area contributed by atoms with Crippen molar-refractivity contribution in [1.82, 2.24) is 0 Å². The van der Waals surface area contributed by atoms with Gasteiger partial charge in [-0.2, -0.15) is 0 Å². The van der Waals surface area contributed by atoms with E-state index in [1.807, 2.05) is 39.0 Å². The van der Waals surface area contributed by atoms with Crippen LogP contribution in [0.15, 0.2) is 30.3 Å². The summed E-state index contributed by atoms with van der Waals surface area (Å²) in [6, 6.07) is 10.1. The molecule has 3 heteroatoms. The number of benzene rings is 1. The molecule has 118 valence electrons. The second kappa shape index (κ2) is 8.96. The van der Waals surface area contributed by atoms with E-state index < -0.39 is 0 Å². The van der Waals surface area contributed by atoms with E-state index in [-0.39, 0.29) is 17.6 Å². The maximum Gasteiger partial charge on any atom is 0.120 e. The molecule has 0 saturated heterocycles. The zero-order valence-electron chi connectivity index (χ0n) is 13.7. The van der Waals surface area contributed by atoms with Gasteiger partial charge < -0.3 is 14.3 Å². The summed E-state index contributed by atoms with van der Waals surface area (Å²) in [6.07, 6.45) is 2.28. The summed E-state index contributed by atoms with van der Waals surface area (Å²) in [6.45, 7) is 9.48. The van der Waals surface area contributed by atoms with Crippen LogP contribution in [0.3, 0.4) is 0 Å². The summed E-state index contributed by atoms with van der Waals surface area (Å²) in [4.78, 5) is 10.6. The molecule has 0 aliphatic heterocycles. The highest BCUT2D eigenvalue weighted by molar-refractivity contribution is 5.49. The van der Waals surface area contributed by atoms with E-state index in [1.165, 1.54) is 5.56 Å². The molecule has 0 unspecified atom stereocenters. The van der Waals surface area contributed by atoms with E-state index in [0.717, 1.165) is 12.7 Å². The minimum Gasteiger partial charge on any atom is -0.376 e. The molecule has 0 aromatic heterocycles. The first kappa shape index (κ1) is 17.9. The van der Waals surface area contributed by atoms with E-state index in [9.17, 15) is 4.79 Å². The second-order valence-electron chi connectivity index (χ2n) is 6.49. The molecule has 0 radical (unpaired) electrons. The Labute approximate surface area is 128 Å². The van der Waals surface area contributed by atoms with E-state index >= 15 is 0 Å². The Balaban J connectivity index is 2.43. The highest BCUT2D eigenvalue weighted by Gasteiger charge is 2.24. The number of rotatable bonds is 9.